The summed E-state index contributed by atoms with van der Waals surface area (Å²) < 4.78 is 50.7. The van der Waals surface area contributed by atoms with Gasteiger partial charge in [-0.15, -0.1) is 0 Å². The highest BCUT2D eigenvalue weighted by molar-refractivity contribution is 7.89. The number of rotatable bonds is 4. The molecule has 120 valence electrons. The highest BCUT2D eigenvalue weighted by Crippen LogP contribution is 2.23. The summed E-state index contributed by atoms with van der Waals surface area (Å²) >= 11 is 0. The van der Waals surface area contributed by atoms with Crippen LogP contribution in [0, 0.1) is 6.92 Å². The molecule has 0 bridgehead atoms. The van der Waals surface area contributed by atoms with Crippen LogP contribution in [0.3, 0.4) is 0 Å². The van der Waals surface area contributed by atoms with Crippen LogP contribution in [0.15, 0.2) is 4.90 Å². The predicted octanol–water partition coefficient (Wildman–Crippen LogP) is -1.56. The molecule has 9 nitrogen and oxygen atoms in total. The molecule has 0 aliphatic carbocycles. The third-order valence-corrected chi connectivity index (χ3v) is 6.82. The van der Waals surface area contributed by atoms with Gasteiger partial charge in [0.15, 0.2) is 0 Å². The highest BCUT2D eigenvalue weighted by Gasteiger charge is 2.34. The van der Waals surface area contributed by atoms with Crippen LogP contribution in [0.2, 0.25) is 0 Å². The maximum Gasteiger partial charge on any atom is 0.246 e. The predicted molar refractivity (Wildman–Crippen MR) is 76.4 cm³/mol. The summed E-state index contributed by atoms with van der Waals surface area (Å²) in [5, 5.41) is 6.51. The summed E-state index contributed by atoms with van der Waals surface area (Å²) in [6, 6.07) is 0. The molecular weight excluding hydrogens is 318 g/mol. The van der Waals surface area contributed by atoms with E-state index in [-0.39, 0.29) is 43.3 Å². The van der Waals surface area contributed by atoms with Crippen LogP contribution < -0.4 is 5.73 Å². The van der Waals surface area contributed by atoms with Crippen molar-refractivity contribution in [2.45, 2.75) is 18.4 Å². The first-order chi connectivity index (χ1) is 9.67. The van der Waals surface area contributed by atoms with Crippen LogP contribution >= 0.6 is 0 Å². The minimum Gasteiger partial charge on any atom is -0.325 e. The Bertz CT molecular complexity index is 717. The number of nitrogens with zero attached hydrogens (tertiary/aromatic N) is 3. The van der Waals surface area contributed by atoms with Gasteiger partial charge < -0.3 is 5.73 Å². The monoisotopic (exact) mass is 337 g/mol. The fraction of sp³-hybridized carbons (Fsp3) is 0.700. The van der Waals surface area contributed by atoms with Crippen LogP contribution in [-0.2, 0) is 26.6 Å². The zero-order chi connectivity index (χ0) is 15.8. The summed E-state index contributed by atoms with van der Waals surface area (Å²) in [6.07, 6.45) is 1.11. The van der Waals surface area contributed by atoms with E-state index in [1.165, 1.54) is 8.61 Å². The van der Waals surface area contributed by atoms with Crippen molar-refractivity contribution >= 4 is 20.0 Å². The van der Waals surface area contributed by atoms with Gasteiger partial charge in [0, 0.05) is 32.7 Å². The minimum atomic E-state index is -3.72. The molecule has 0 unspecified atom stereocenters. The average Bonchev–Trinajstić information content (AvgIpc) is 2.79. The van der Waals surface area contributed by atoms with Crippen molar-refractivity contribution in [3.63, 3.8) is 0 Å². The molecule has 2 heterocycles. The van der Waals surface area contributed by atoms with Crippen molar-refractivity contribution in [2.75, 3.05) is 32.4 Å². The van der Waals surface area contributed by atoms with Gasteiger partial charge in [0.1, 0.15) is 4.90 Å². The lowest BCUT2D eigenvalue weighted by Gasteiger charge is -2.32. The van der Waals surface area contributed by atoms with Gasteiger partial charge in [-0.1, -0.05) is 0 Å². The summed E-state index contributed by atoms with van der Waals surface area (Å²) in [7, 11) is -7.02. The van der Waals surface area contributed by atoms with E-state index in [0.717, 1.165) is 6.26 Å². The molecule has 1 aliphatic rings. The molecule has 3 N–H and O–H groups in total. The second kappa shape index (κ2) is 5.65. The maximum atomic E-state index is 12.6. The van der Waals surface area contributed by atoms with E-state index < -0.39 is 20.0 Å². The molecule has 0 saturated carbocycles. The molecule has 0 atom stereocenters. The van der Waals surface area contributed by atoms with E-state index in [4.69, 9.17) is 5.73 Å². The number of hydrogen-bond acceptors (Lipinski definition) is 6. The number of aryl methyl sites for hydroxylation is 1. The molecule has 0 amide bonds. The van der Waals surface area contributed by atoms with Crippen LogP contribution in [0.5, 0.6) is 0 Å². The number of piperazine rings is 1. The molecule has 1 aliphatic heterocycles. The SMILES string of the molecule is Cc1[nH]nc(CN)c1S(=O)(=O)N1CCN(S(C)(=O)=O)CC1. The molecular formula is C10H19N5O4S2. The van der Waals surface area contributed by atoms with E-state index in [1.807, 2.05) is 0 Å². The second-order valence-corrected chi connectivity index (χ2v) is 8.75. The maximum absolute atomic E-state index is 12.6. The van der Waals surface area contributed by atoms with Gasteiger partial charge in [-0.05, 0) is 6.92 Å². The van der Waals surface area contributed by atoms with Crippen LogP contribution in [0.1, 0.15) is 11.4 Å². The van der Waals surface area contributed by atoms with Crippen molar-refractivity contribution < 1.29 is 16.8 Å². The fourth-order valence-corrected chi connectivity index (χ4v) is 4.91. The Balaban J connectivity index is 2.25. The molecule has 1 aromatic rings. The quantitative estimate of drug-likeness (QED) is 0.684. The lowest BCUT2D eigenvalue weighted by molar-refractivity contribution is 0.274. The second-order valence-electron chi connectivity index (χ2n) is 4.89. The number of nitrogens with two attached hydrogens (primary N) is 1. The van der Waals surface area contributed by atoms with Gasteiger partial charge in [-0.3, -0.25) is 5.10 Å². The first-order valence-electron chi connectivity index (χ1n) is 6.37. The topological polar surface area (TPSA) is 129 Å². The molecule has 11 heteroatoms. The number of hydrogen-bond donors (Lipinski definition) is 2. The van der Waals surface area contributed by atoms with Crippen molar-refractivity contribution in [3.8, 4) is 0 Å². The number of H-pyrrole nitrogens is 1. The fourth-order valence-electron chi connectivity index (χ4n) is 2.32. The van der Waals surface area contributed by atoms with Gasteiger partial charge in [0.05, 0.1) is 17.6 Å². The number of aromatic nitrogens is 2. The van der Waals surface area contributed by atoms with E-state index in [0.29, 0.717) is 5.69 Å². The highest BCUT2D eigenvalue weighted by atomic mass is 32.2. The van der Waals surface area contributed by atoms with Crippen molar-refractivity contribution in [1.82, 2.24) is 18.8 Å². The number of nitrogens with one attached hydrogen (secondary N) is 1. The summed E-state index contributed by atoms with van der Waals surface area (Å²) in [4.78, 5) is 0.0952. The van der Waals surface area contributed by atoms with E-state index in [1.54, 1.807) is 6.92 Å². The largest absolute Gasteiger partial charge is 0.325 e. The molecule has 1 saturated heterocycles. The lowest BCUT2D eigenvalue weighted by atomic mass is 10.4. The summed E-state index contributed by atoms with van der Waals surface area (Å²) in [6.45, 7) is 2.15. The first-order valence-corrected chi connectivity index (χ1v) is 9.66. The van der Waals surface area contributed by atoms with Crippen molar-refractivity contribution in [1.29, 1.82) is 0 Å². The smallest absolute Gasteiger partial charge is 0.246 e. The normalized spacial score (nSPS) is 19.0. The Kier molecular flexibility index (Phi) is 4.40. The Morgan fingerprint density at radius 3 is 2.14 bits per heavy atom. The first kappa shape index (κ1) is 16.4. The molecule has 21 heavy (non-hydrogen) atoms. The van der Waals surface area contributed by atoms with Crippen molar-refractivity contribution in [2.24, 2.45) is 5.73 Å². The molecule has 1 aromatic heterocycles. The lowest BCUT2D eigenvalue weighted by Crippen LogP contribution is -2.50. The minimum absolute atomic E-state index is 0.0161. The van der Waals surface area contributed by atoms with Crippen LogP contribution in [0.4, 0.5) is 0 Å². The standard InChI is InChI=1S/C10H19N5O4S2/c1-8-10(9(7-11)13-12-8)21(18,19)15-5-3-14(4-6-15)20(2,16)17/h3-7,11H2,1-2H3,(H,12,13). The summed E-state index contributed by atoms with van der Waals surface area (Å²) in [5.74, 6) is 0. The Hall–Kier alpha value is -1.01. The van der Waals surface area contributed by atoms with Gasteiger partial charge in [-0.25, -0.2) is 16.8 Å². The van der Waals surface area contributed by atoms with E-state index in [2.05, 4.69) is 10.2 Å². The van der Waals surface area contributed by atoms with E-state index >= 15 is 0 Å². The third-order valence-electron chi connectivity index (χ3n) is 3.42. The number of sulfonamides is 2. The Labute approximate surface area is 124 Å². The van der Waals surface area contributed by atoms with E-state index in [9.17, 15) is 16.8 Å². The third kappa shape index (κ3) is 3.11. The van der Waals surface area contributed by atoms with Crippen LogP contribution in [0.25, 0.3) is 0 Å². The number of aromatic amines is 1. The Morgan fingerprint density at radius 2 is 1.67 bits per heavy atom. The summed E-state index contributed by atoms with van der Waals surface area (Å²) in [5.41, 5.74) is 6.24. The Morgan fingerprint density at radius 1 is 1.14 bits per heavy atom. The molecule has 0 spiro atoms. The average molecular weight is 337 g/mol. The molecule has 0 aromatic carbocycles. The van der Waals surface area contributed by atoms with Gasteiger partial charge >= 0.3 is 0 Å². The van der Waals surface area contributed by atoms with Crippen molar-refractivity contribution in [3.05, 3.63) is 11.4 Å². The van der Waals surface area contributed by atoms with Gasteiger partial charge in [0.25, 0.3) is 0 Å². The van der Waals surface area contributed by atoms with Crippen LogP contribution in [-0.4, -0.2) is 68.1 Å². The zero-order valence-corrected chi connectivity index (χ0v) is 13.5. The van der Waals surface area contributed by atoms with Gasteiger partial charge in [-0.2, -0.15) is 13.7 Å². The molecule has 2 rings (SSSR count). The van der Waals surface area contributed by atoms with Gasteiger partial charge in [0.2, 0.25) is 20.0 Å². The molecule has 0 radical (unpaired) electrons. The molecule has 1 fully saturated rings. The zero-order valence-electron chi connectivity index (χ0n) is 11.9.